The van der Waals surface area contributed by atoms with Crippen molar-refractivity contribution in [2.45, 2.75) is 45.8 Å². The summed E-state index contributed by atoms with van der Waals surface area (Å²) in [7, 11) is 0. The number of halogens is 1. The number of carboxylic acids is 1. The van der Waals surface area contributed by atoms with Gasteiger partial charge in [0.2, 0.25) is 5.91 Å². The molecule has 0 aromatic carbocycles. The minimum absolute atomic E-state index is 0.125. The zero-order valence-electron chi connectivity index (χ0n) is 20.7. The second kappa shape index (κ2) is 12.8. The number of carbonyl (C=O) groups excluding carboxylic acids is 3. The lowest BCUT2D eigenvalue weighted by Gasteiger charge is -2.38. The molecule has 15 heteroatoms. The number of aryl methyl sites for hydroxylation is 1. The molecule has 1 aliphatic rings. The van der Waals surface area contributed by atoms with E-state index in [2.05, 4.69) is 30.9 Å². The van der Waals surface area contributed by atoms with Crippen LogP contribution in [-0.4, -0.2) is 88.7 Å². The number of carbonyl (C=O) groups is 4. The molecule has 202 valence electrons. The monoisotopic (exact) mass is 555 g/mol. The maximum atomic E-state index is 12.8. The number of H-pyrrole nitrogens is 1. The van der Waals surface area contributed by atoms with Crippen LogP contribution in [0.3, 0.4) is 0 Å². The molecule has 13 nitrogen and oxygen atoms in total. The first-order chi connectivity index (χ1) is 17.6. The van der Waals surface area contributed by atoms with Crippen LogP contribution in [-0.2, 0) is 16.0 Å². The third-order valence-electron chi connectivity index (χ3n) is 5.63. The van der Waals surface area contributed by atoms with Crippen LogP contribution in [0.5, 0.6) is 0 Å². The molecule has 3 rings (SSSR count). The van der Waals surface area contributed by atoms with Gasteiger partial charge in [-0.05, 0) is 19.8 Å². The number of hydrogen-bond acceptors (Lipinski definition) is 9. The summed E-state index contributed by atoms with van der Waals surface area (Å²) < 4.78 is 5.88. The molecule has 0 aliphatic carbocycles. The highest BCUT2D eigenvalue weighted by Gasteiger charge is 2.34. The molecule has 0 unspecified atom stereocenters. The van der Waals surface area contributed by atoms with Gasteiger partial charge < -0.3 is 35.7 Å². The molecule has 2 atom stereocenters. The van der Waals surface area contributed by atoms with Gasteiger partial charge in [-0.15, -0.1) is 0 Å². The van der Waals surface area contributed by atoms with Crippen LogP contribution in [0.4, 0.5) is 5.13 Å². The molecule has 3 heterocycles. The molecule has 2 aromatic heterocycles. The normalized spacial score (nSPS) is 17.4. The Morgan fingerprint density at radius 1 is 1.19 bits per heavy atom. The van der Waals surface area contributed by atoms with Crippen molar-refractivity contribution >= 4 is 51.8 Å². The maximum Gasteiger partial charge on any atom is 0.348 e. The first kappa shape index (κ1) is 28.3. The van der Waals surface area contributed by atoms with Gasteiger partial charge in [0.05, 0.1) is 17.8 Å². The highest BCUT2D eigenvalue weighted by molar-refractivity contribution is 7.17. The standard InChI is InChI=1S/C22H30ClN7O6S/c1-4-12-17(23)29-18(26-12)20(33)27-13-6-9-30(10-14(13)36-5-2)22-28-15(16(37-22)21(34)35)19(32)25-8-7-24-11(3)31/h13-14H,4-10H2,1-3H3,(H,24,31)(H,25,32)(H,26,29)(H,27,33)(H,34,35)/t13-,14+/m1/s1. The largest absolute Gasteiger partial charge is 0.477 e. The summed E-state index contributed by atoms with van der Waals surface area (Å²) in [6.07, 6.45) is 0.692. The predicted octanol–water partition coefficient (Wildman–Crippen LogP) is 1.06. The van der Waals surface area contributed by atoms with Crippen molar-refractivity contribution in [2.75, 3.05) is 37.7 Å². The highest BCUT2D eigenvalue weighted by atomic mass is 35.5. The number of nitrogens with zero attached hydrogens (tertiary/aromatic N) is 3. The van der Waals surface area contributed by atoms with Gasteiger partial charge in [-0.3, -0.25) is 14.4 Å². The molecule has 1 aliphatic heterocycles. The Hall–Kier alpha value is -3.23. The quantitative estimate of drug-likeness (QED) is 0.253. The Balaban J connectivity index is 1.70. The van der Waals surface area contributed by atoms with Gasteiger partial charge in [-0.1, -0.05) is 29.9 Å². The number of carboxylic acid groups (broad SMARTS) is 1. The van der Waals surface area contributed by atoms with Gasteiger partial charge in [0.1, 0.15) is 4.88 Å². The van der Waals surface area contributed by atoms with Gasteiger partial charge in [0, 0.05) is 39.7 Å². The fourth-order valence-corrected chi connectivity index (χ4v) is 5.05. The maximum absolute atomic E-state index is 12.8. The number of aromatic nitrogens is 3. The van der Waals surface area contributed by atoms with Gasteiger partial charge >= 0.3 is 5.97 Å². The van der Waals surface area contributed by atoms with Crippen LogP contribution in [0.2, 0.25) is 5.15 Å². The van der Waals surface area contributed by atoms with Crippen LogP contribution < -0.4 is 20.9 Å². The van der Waals surface area contributed by atoms with E-state index in [1.54, 1.807) is 0 Å². The van der Waals surface area contributed by atoms with Crippen LogP contribution in [0.1, 0.15) is 63.7 Å². The van der Waals surface area contributed by atoms with E-state index in [1.165, 1.54) is 6.92 Å². The lowest BCUT2D eigenvalue weighted by atomic mass is 10.0. The molecule has 1 fully saturated rings. The summed E-state index contributed by atoms with van der Waals surface area (Å²) in [5.41, 5.74) is 0.482. The molecule has 2 aromatic rings. The van der Waals surface area contributed by atoms with E-state index < -0.39 is 23.9 Å². The van der Waals surface area contributed by atoms with Gasteiger partial charge in [-0.2, -0.15) is 0 Å². The van der Waals surface area contributed by atoms with E-state index in [0.29, 0.717) is 43.4 Å². The number of aromatic amines is 1. The van der Waals surface area contributed by atoms with Crippen molar-refractivity contribution < 1.29 is 29.0 Å². The number of hydrogen-bond donors (Lipinski definition) is 5. The molecule has 0 spiro atoms. The molecule has 37 heavy (non-hydrogen) atoms. The first-order valence-electron chi connectivity index (χ1n) is 11.8. The van der Waals surface area contributed by atoms with Crippen LogP contribution in [0.25, 0.3) is 0 Å². The van der Waals surface area contributed by atoms with Crippen molar-refractivity contribution in [2.24, 2.45) is 0 Å². The van der Waals surface area contributed by atoms with E-state index in [1.807, 2.05) is 18.7 Å². The Bertz CT molecular complexity index is 1150. The second-order valence-electron chi connectivity index (χ2n) is 8.23. The molecule has 5 N–H and O–H groups in total. The second-order valence-corrected chi connectivity index (χ2v) is 9.57. The average molecular weight is 556 g/mol. The summed E-state index contributed by atoms with van der Waals surface area (Å²) in [6.45, 7) is 6.61. The van der Waals surface area contributed by atoms with E-state index in [4.69, 9.17) is 16.3 Å². The lowest BCUT2D eigenvalue weighted by molar-refractivity contribution is -0.118. The van der Waals surface area contributed by atoms with Crippen molar-refractivity contribution in [1.82, 2.24) is 30.9 Å². The number of ether oxygens (including phenoxy) is 1. The smallest absolute Gasteiger partial charge is 0.348 e. The number of amides is 3. The molecule has 0 saturated carbocycles. The minimum atomic E-state index is -1.26. The number of piperidine rings is 1. The van der Waals surface area contributed by atoms with Crippen LogP contribution >= 0.6 is 22.9 Å². The summed E-state index contributed by atoms with van der Waals surface area (Å²) >= 11 is 6.96. The molecule has 0 bridgehead atoms. The van der Waals surface area contributed by atoms with Gasteiger partial charge in [0.15, 0.2) is 21.8 Å². The Labute approximate surface area is 222 Å². The number of rotatable bonds is 11. The summed E-state index contributed by atoms with van der Waals surface area (Å²) in [5, 5.41) is 18.3. The van der Waals surface area contributed by atoms with Crippen LogP contribution in [0.15, 0.2) is 0 Å². The van der Waals surface area contributed by atoms with Gasteiger partial charge in [-0.25, -0.2) is 14.8 Å². The molecular formula is C22H30ClN7O6S. The average Bonchev–Trinajstić information content (AvgIpc) is 3.47. The Morgan fingerprint density at radius 2 is 1.92 bits per heavy atom. The molecule has 1 saturated heterocycles. The van der Waals surface area contributed by atoms with E-state index >= 15 is 0 Å². The number of imidazole rings is 1. The van der Waals surface area contributed by atoms with Crippen molar-refractivity contribution in [3.05, 3.63) is 27.2 Å². The van der Waals surface area contributed by atoms with Crippen molar-refractivity contribution in [3.8, 4) is 0 Å². The third kappa shape index (κ3) is 7.17. The minimum Gasteiger partial charge on any atom is -0.477 e. The zero-order chi connectivity index (χ0) is 27.1. The summed E-state index contributed by atoms with van der Waals surface area (Å²) in [4.78, 5) is 61.1. The van der Waals surface area contributed by atoms with E-state index in [-0.39, 0.29) is 46.6 Å². The zero-order valence-corrected chi connectivity index (χ0v) is 22.3. The Morgan fingerprint density at radius 3 is 2.54 bits per heavy atom. The fraction of sp³-hybridized carbons (Fsp3) is 0.545. The van der Waals surface area contributed by atoms with E-state index in [0.717, 1.165) is 11.3 Å². The fourth-order valence-electron chi connectivity index (χ4n) is 3.85. The van der Waals surface area contributed by atoms with Gasteiger partial charge in [0.25, 0.3) is 11.8 Å². The Kier molecular flexibility index (Phi) is 9.83. The highest BCUT2D eigenvalue weighted by Crippen LogP contribution is 2.30. The SMILES string of the molecule is CCO[C@H]1CN(c2nc(C(=O)NCCNC(C)=O)c(C(=O)O)s2)CC[C@H]1NC(=O)c1nc(Cl)c(CC)[nH]1. The lowest BCUT2D eigenvalue weighted by Crippen LogP contribution is -2.55. The number of aromatic carboxylic acids is 1. The number of anilines is 1. The van der Waals surface area contributed by atoms with Crippen molar-refractivity contribution in [1.29, 1.82) is 0 Å². The predicted molar refractivity (Wildman–Crippen MR) is 137 cm³/mol. The number of thiazole rings is 1. The molecule has 3 amide bonds. The summed E-state index contributed by atoms with van der Waals surface area (Å²) in [5.74, 6) is -2.41. The third-order valence-corrected chi connectivity index (χ3v) is 7.05. The van der Waals surface area contributed by atoms with Crippen LogP contribution in [0, 0.1) is 0 Å². The number of nitrogens with one attached hydrogen (secondary N) is 4. The first-order valence-corrected chi connectivity index (χ1v) is 13.0. The van der Waals surface area contributed by atoms with Crippen molar-refractivity contribution in [3.63, 3.8) is 0 Å². The molecule has 0 radical (unpaired) electrons. The van der Waals surface area contributed by atoms with E-state index in [9.17, 15) is 24.3 Å². The molecular weight excluding hydrogens is 526 g/mol. The topological polar surface area (TPSA) is 179 Å². The summed E-state index contributed by atoms with van der Waals surface area (Å²) in [6, 6.07) is -0.326.